The van der Waals surface area contributed by atoms with Crippen LogP contribution in [-0.2, 0) is 15.0 Å². The second-order valence-corrected chi connectivity index (χ2v) is 10.1. The van der Waals surface area contributed by atoms with E-state index in [1.807, 2.05) is 65.0 Å². The Morgan fingerprint density at radius 3 is 2.17 bits per heavy atom. The lowest BCUT2D eigenvalue weighted by Crippen LogP contribution is -2.39. The lowest BCUT2D eigenvalue weighted by Gasteiger charge is -2.25. The smallest absolute Gasteiger partial charge is 0.245 e. The number of benzene rings is 1. The van der Waals surface area contributed by atoms with E-state index in [1.165, 1.54) is 0 Å². The van der Waals surface area contributed by atoms with Gasteiger partial charge in [-0.05, 0) is 31.4 Å². The number of carbonyl (C=O) groups excluding carboxylic acids is 2. The van der Waals surface area contributed by atoms with E-state index in [4.69, 9.17) is 5.10 Å². The predicted molar refractivity (Wildman–Crippen MR) is 122 cm³/mol. The van der Waals surface area contributed by atoms with Crippen molar-refractivity contribution in [3.63, 3.8) is 0 Å². The van der Waals surface area contributed by atoms with Gasteiger partial charge in [-0.2, -0.15) is 5.10 Å². The number of nitrogens with one attached hydrogen (secondary N) is 1. The van der Waals surface area contributed by atoms with Crippen LogP contribution in [-0.4, -0.2) is 39.6 Å². The molecule has 0 radical (unpaired) electrons. The van der Waals surface area contributed by atoms with Crippen molar-refractivity contribution in [3.05, 3.63) is 41.6 Å². The average molecular weight is 413 g/mol. The SMILES string of the molecule is CCN(CC(=O)Nc1cc(C(C)(C)C)nn1-c1ccc(C)cc1)C(=O)CC(C)(C)C. The zero-order chi connectivity index (χ0) is 22.7. The first-order valence-corrected chi connectivity index (χ1v) is 10.6. The number of carbonyl (C=O) groups is 2. The van der Waals surface area contributed by atoms with Gasteiger partial charge >= 0.3 is 0 Å². The maximum Gasteiger partial charge on any atom is 0.245 e. The number of aromatic nitrogens is 2. The van der Waals surface area contributed by atoms with Crippen LogP contribution in [0.2, 0.25) is 0 Å². The summed E-state index contributed by atoms with van der Waals surface area (Å²) in [6, 6.07) is 9.91. The molecule has 1 heterocycles. The van der Waals surface area contributed by atoms with Gasteiger partial charge in [0, 0.05) is 24.4 Å². The standard InChI is InChI=1S/C24H36N4O2/c1-9-27(22(30)15-23(3,4)5)16-21(29)25-20-14-19(24(6,7)8)26-28(20)18-12-10-17(2)11-13-18/h10-14H,9,15-16H2,1-8H3,(H,25,29). The summed E-state index contributed by atoms with van der Waals surface area (Å²) >= 11 is 0. The third kappa shape index (κ3) is 6.44. The Morgan fingerprint density at radius 1 is 1.07 bits per heavy atom. The molecule has 164 valence electrons. The maximum absolute atomic E-state index is 12.8. The highest BCUT2D eigenvalue weighted by molar-refractivity contribution is 5.94. The van der Waals surface area contributed by atoms with Gasteiger partial charge in [-0.25, -0.2) is 4.68 Å². The second-order valence-electron chi connectivity index (χ2n) is 10.1. The summed E-state index contributed by atoms with van der Waals surface area (Å²) in [7, 11) is 0. The summed E-state index contributed by atoms with van der Waals surface area (Å²) < 4.78 is 1.76. The molecule has 2 aromatic rings. The molecular weight excluding hydrogens is 376 g/mol. The number of aryl methyl sites for hydroxylation is 1. The van der Waals surface area contributed by atoms with E-state index in [1.54, 1.807) is 9.58 Å². The van der Waals surface area contributed by atoms with Crippen LogP contribution in [0.3, 0.4) is 0 Å². The van der Waals surface area contributed by atoms with Gasteiger partial charge in [-0.15, -0.1) is 0 Å². The van der Waals surface area contributed by atoms with E-state index < -0.39 is 0 Å². The summed E-state index contributed by atoms with van der Waals surface area (Å²) in [5.41, 5.74) is 2.64. The predicted octanol–water partition coefficient (Wildman–Crippen LogP) is 4.70. The average Bonchev–Trinajstić information content (AvgIpc) is 3.02. The third-order valence-corrected chi connectivity index (χ3v) is 4.77. The van der Waals surface area contributed by atoms with Gasteiger partial charge in [0.15, 0.2) is 0 Å². The molecule has 0 bridgehead atoms. The summed E-state index contributed by atoms with van der Waals surface area (Å²) in [6.07, 6.45) is 0.406. The van der Waals surface area contributed by atoms with E-state index in [2.05, 4.69) is 26.1 Å². The van der Waals surface area contributed by atoms with Crippen LogP contribution in [0.1, 0.15) is 66.1 Å². The molecule has 0 fully saturated rings. The number of anilines is 1. The fourth-order valence-electron chi connectivity index (χ4n) is 3.02. The van der Waals surface area contributed by atoms with Crippen molar-refractivity contribution in [3.8, 4) is 5.69 Å². The molecule has 0 spiro atoms. The highest BCUT2D eigenvalue weighted by Crippen LogP contribution is 2.26. The lowest BCUT2D eigenvalue weighted by atomic mass is 9.91. The van der Waals surface area contributed by atoms with Crippen LogP contribution in [0.5, 0.6) is 0 Å². The van der Waals surface area contributed by atoms with Crippen LogP contribution in [0.4, 0.5) is 5.82 Å². The fraction of sp³-hybridized carbons (Fsp3) is 0.542. The Balaban J connectivity index is 2.25. The Labute approximate surface area is 180 Å². The minimum absolute atomic E-state index is 0.0115. The van der Waals surface area contributed by atoms with Crippen molar-refractivity contribution >= 4 is 17.6 Å². The first-order chi connectivity index (χ1) is 13.8. The minimum Gasteiger partial charge on any atom is -0.334 e. The number of hydrogen-bond donors (Lipinski definition) is 1. The van der Waals surface area contributed by atoms with Crippen LogP contribution in [0.15, 0.2) is 30.3 Å². The Bertz CT molecular complexity index is 883. The first-order valence-electron chi connectivity index (χ1n) is 10.6. The molecule has 0 aliphatic heterocycles. The number of likely N-dealkylation sites (N-methyl/N-ethyl adjacent to an activating group) is 1. The molecule has 0 saturated heterocycles. The molecule has 1 aromatic carbocycles. The molecule has 0 aliphatic carbocycles. The normalized spacial score (nSPS) is 12.0. The zero-order valence-corrected chi connectivity index (χ0v) is 19.7. The highest BCUT2D eigenvalue weighted by Gasteiger charge is 2.24. The Hall–Kier alpha value is -2.63. The number of amides is 2. The summed E-state index contributed by atoms with van der Waals surface area (Å²) in [4.78, 5) is 27.0. The van der Waals surface area contributed by atoms with Crippen molar-refractivity contribution in [1.29, 1.82) is 0 Å². The molecule has 6 nitrogen and oxygen atoms in total. The van der Waals surface area contributed by atoms with Crippen LogP contribution in [0, 0.1) is 12.3 Å². The Morgan fingerprint density at radius 2 is 1.67 bits per heavy atom. The lowest BCUT2D eigenvalue weighted by molar-refractivity contribution is -0.136. The van der Waals surface area contributed by atoms with Crippen molar-refractivity contribution in [2.24, 2.45) is 5.41 Å². The van der Waals surface area contributed by atoms with Gasteiger partial charge in [0.05, 0.1) is 17.9 Å². The molecule has 2 amide bonds. The highest BCUT2D eigenvalue weighted by atomic mass is 16.2. The number of rotatable bonds is 6. The molecule has 0 aliphatic rings. The topological polar surface area (TPSA) is 67.2 Å². The molecule has 1 N–H and O–H groups in total. The zero-order valence-electron chi connectivity index (χ0n) is 19.7. The maximum atomic E-state index is 12.8. The van der Waals surface area contributed by atoms with E-state index in [9.17, 15) is 9.59 Å². The van der Waals surface area contributed by atoms with Gasteiger partial charge in [0.25, 0.3) is 0 Å². The van der Waals surface area contributed by atoms with Crippen LogP contribution >= 0.6 is 0 Å². The number of nitrogens with zero attached hydrogens (tertiary/aromatic N) is 3. The quantitative estimate of drug-likeness (QED) is 0.748. The first kappa shape index (κ1) is 23.6. The third-order valence-electron chi connectivity index (χ3n) is 4.77. The minimum atomic E-state index is -0.229. The van der Waals surface area contributed by atoms with Crippen molar-refractivity contribution in [1.82, 2.24) is 14.7 Å². The van der Waals surface area contributed by atoms with Crippen molar-refractivity contribution in [2.75, 3.05) is 18.4 Å². The molecule has 0 atom stereocenters. The molecular formula is C24H36N4O2. The number of hydrogen-bond acceptors (Lipinski definition) is 3. The molecule has 1 aromatic heterocycles. The van der Waals surface area contributed by atoms with E-state index in [0.717, 1.165) is 16.9 Å². The molecule has 6 heteroatoms. The molecule has 0 saturated carbocycles. The van der Waals surface area contributed by atoms with Crippen molar-refractivity contribution in [2.45, 2.75) is 67.2 Å². The van der Waals surface area contributed by atoms with Gasteiger partial charge in [-0.1, -0.05) is 59.2 Å². The fourth-order valence-corrected chi connectivity index (χ4v) is 3.02. The largest absolute Gasteiger partial charge is 0.334 e. The van der Waals surface area contributed by atoms with Gasteiger partial charge in [-0.3, -0.25) is 9.59 Å². The Kier molecular flexibility index (Phi) is 7.11. The summed E-state index contributed by atoms with van der Waals surface area (Å²) in [5.74, 6) is 0.364. The van der Waals surface area contributed by atoms with Crippen LogP contribution < -0.4 is 5.32 Å². The van der Waals surface area contributed by atoms with E-state index in [0.29, 0.717) is 18.8 Å². The van der Waals surface area contributed by atoms with E-state index >= 15 is 0 Å². The summed E-state index contributed by atoms with van der Waals surface area (Å²) in [6.45, 7) is 16.8. The molecule has 30 heavy (non-hydrogen) atoms. The van der Waals surface area contributed by atoms with Gasteiger partial charge < -0.3 is 10.2 Å². The van der Waals surface area contributed by atoms with Gasteiger partial charge in [0.2, 0.25) is 11.8 Å². The van der Waals surface area contributed by atoms with Gasteiger partial charge in [0.1, 0.15) is 5.82 Å². The monoisotopic (exact) mass is 412 g/mol. The van der Waals surface area contributed by atoms with E-state index in [-0.39, 0.29) is 29.2 Å². The second kappa shape index (κ2) is 9.02. The summed E-state index contributed by atoms with van der Waals surface area (Å²) in [5, 5.41) is 7.70. The van der Waals surface area contributed by atoms with Crippen LogP contribution in [0.25, 0.3) is 5.69 Å². The molecule has 0 unspecified atom stereocenters. The molecule has 2 rings (SSSR count). The van der Waals surface area contributed by atoms with Crippen molar-refractivity contribution < 1.29 is 9.59 Å².